The number of nitrogens with zero attached hydrogens (tertiary/aromatic N) is 1. The van der Waals surface area contributed by atoms with Crippen LogP contribution in [0.2, 0.25) is 10.0 Å². The molecule has 0 fully saturated rings. The molecule has 2 aromatic rings. The van der Waals surface area contributed by atoms with E-state index in [9.17, 15) is 9.59 Å². The molecule has 3 rings (SSSR count). The monoisotopic (exact) mass is 420 g/mol. The zero-order valence-electron chi connectivity index (χ0n) is 14.2. The molecule has 0 unspecified atom stereocenters. The van der Waals surface area contributed by atoms with Gasteiger partial charge in [-0.3, -0.25) is 9.59 Å². The summed E-state index contributed by atoms with van der Waals surface area (Å²) < 4.78 is 5.88. The molecular formula is C19H14Cl2N2O3S. The average Bonchev–Trinajstić information content (AvgIpc) is 2.94. The Balaban J connectivity index is 1.79. The largest absolute Gasteiger partial charge is 0.488 e. The van der Waals surface area contributed by atoms with Gasteiger partial charge < -0.3 is 10.1 Å². The first-order valence-electron chi connectivity index (χ1n) is 7.87. The number of halogens is 2. The number of nitrogens with one attached hydrogen (secondary N) is 1. The van der Waals surface area contributed by atoms with Crippen molar-refractivity contribution in [2.45, 2.75) is 13.5 Å². The van der Waals surface area contributed by atoms with Gasteiger partial charge in [-0.2, -0.15) is 4.99 Å². The lowest BCUT2D eigenvalue weighted by Gasteiger charge is -2.10. The van der Waals surface area contributed by atoms with E-state index in [0.717, 1.165) is 17.3 Å². The molecule has 2 aromatic carbocycles. The number of carbonyl (C=O) groups excluding carboxylic acids is 2. The molecule has 0 saturated heterocycles. The molecule has 0 atom stereocenters. The second-order valence-corrected chi connectivity index (χ2v) is 7.51. The van der Waals surface area contributed by atoms with Gasteiger partial charge in [0.05, 0.1) is 4.91 Å². The van der Waals surface area contributed by atoms with Crippen molar-refractivity contribution in [2.75, 3.05) is 0 Å². The Morgan fingerprint density at radius 3 is 2.59 bits per heavy atom. The van der Waals surface area contributed by atoms with E-state index in [4.69, 9.17) is 27.9 Å². The summed E-state index contributed by atoms with van der Waals surface area (Å²) in [5.41, 5.74) is 1.60. The van der Waals surface area contributed by atoms with Crippen molar-refractivity contribution in [3.05, 3.63) is 68.5 Å². The fourth-order valence-electron chi connectivity index (χ4n) is 2.26. The van der Waals surface area contributed by atoms with Crippen molar-refractivity contribution in [2.24, 2.45) is 4.99 Å². The van der Waals surface area contributed by atoms with Crippen molar-refractivity contribution in [3.8, 4) is 5.75 Å². The van der Waals surface area contributed by atoms with Gasteiger partial charge in [-0.15, -0.1) is 0 Å². The van der Waals surface area contributed by atoms with Crippen LogP contribution in [0.25, 0.3) is 6.08 Å². The van der Waals surface area contributed by atoms with Crippen LogP contribution in [0.3, 0.4) is 0 Å². The highest BCUT2D eigenvalue weighted by Gasteiger charge is 2.23. The van der Waals surface area contributed by atoms with Gasteiger partial charge in [0, 0.05) is 22.5 Å². The van der Waals surface area contributed by atoms with Gasteiger partial charge in [-0.05, 0) is 53.7 Å². The molecule has 0 bridgehead atoms. The molecular weight excluding hydrogens is 407 g/mol. The van der Waals surface area contributed by atoms with Crippen LogP contribution in [0.1, 0.15) is 18.1 Å². The van der Waals surface area contributed by atoms with Crippen LogP contribution in [0, 0.1) is 0 Å². The van der Waals surface area contributed by atoms with Crippen LogP contribution in [0.15, 0.2) is 52.4 Å². The number of amidine groups is 1. The predicted molar refractivity (Wildman–Crippen MR) is 109 cm³/mol. The Bertz CT molecular complexity index is 956. The minimum atomic E-state index is -0.424. The molecule has 2 amide bonds. The highest BCUT2D eigenvalue weighted by molar-refractivity contribution is 8.18. The van der Waals surface area contributed by atoms with Gasteiger partial charge in [-0.25, -0.2) is 0 Å². The third-order valence-corrected chi connectivity index (χ3v) is 4.86. The number of thioether (sulfide) groups is 1. The van der Waals surface area contributed by atoms with Gasteiger partial charge in [0.15, 0.2) is 5.17 Å². The summed E-state index contributed by atoms with van der Waals surface area (Å²) in [5.74, 6) is -0.138. The van der Waals surface area contributed by atoms with E-state index < -0.39 is 5.91 Å². The zero-order chi connectivity index (χ0) is 19.4. The Morgan fingerprint density at radius 2 is 1.89 bits per heavy atom. The molecule has 0 radical (unpaired) electrons. The lowest BCUT2D eigenvalue weighted by atomic mass is 10.1. The van der Waals surface area contributed by atoms with Crippen LogP contribution in [-0.4, -0.2) is 17.0 Å². The molecule has 8 heteroatoms. The molecule has 0 aliphatic carbocycles. The summed E-state index contributed by atoms with van der Waals surface area (Å²) in [5, 5.41) is 3.93. The topological polar surface area (TPSA) is 67.8 Å². The van der Waals surface area contributed by atoms with E-state index in [2.05, 4.69) is 10.3 Å². The lowest BCUT2D eigenvalue weighted by molar-refractivity contribution is -0.117. The minimum absolute atomic E-state index is 0.254. The highest BCUT2D eigenvalue weighted by atomic mass is 35.5. The normalized spacial score (nSPS) is 15.0. The van der Waals surface area contributed by atoms with Gasteiger partial charge in [-0.1, -0.05) is 35.3 Å². The first kappa shape index (κ1) is 19.5. The minimum Gasteiger partial charge on any atom is -0.488 e. The van der Waals surface area contributed by atoms with Crippen LogP contribution in [0.4, 0.5) is 0 Å². The Hall–Kier alpha value is -2.28. The number of amides is 2. The summed E-state index contributed by atoms with van der Waals surface area (Å²) in [7, 11) is 0. The Kier molecular flexibility index (Phi) is 6.21. The van der Waals surface area contributed by atoms with Crippen LogP contribution in [-0.2, 0) is 16.2 Å². The summed E-state index contributed by atoms with van der Waals surface area (Å²) in [6.07, 6.45) is 1.65. The van der Waals surface area contributed by atoms with Crippen LogP contribution >= 0.6 is 35.0 Å². The van der Waals surface area contributed by atoms with Crippen molar-refractivity contribution in [1.29, 1.82) is 0 Å². The molecule has 0 saturated carbocycles. The number of rotatable bonds is 4. The predicted octanol–water partition coefficient (Wildman–Crippen LogP) is 4.68. The van der Waals surface area contributed by atoms with Gasteiger partial charge >= 0.3 is 0 Å². The second kappa shape index (κ2) is 8.61. The number of benzene rings is 2. The van der Waals surface area contributed by atoms with Crippen molar-refractivity contribution >= 4 is 58.0 Å². The van der Waals surface area contributed by atoms with Gasteiger partial charge in [0.2, 0.25) is 5.91 Å². The maximum Gasteiger partial charge on any atom is 0.286 e. The van der Waals surface area contributed by atoms with Crippen molar-refractivity contribution < 1.29 is 14.3 Å². The molecule has 1 aliphatic rings. The van der Waals surface area contributed by atoms with E-state index in [1.807, 2.05) is 12.1 Å². The highest BCUT2D eigenvalue weighted by Crippen LogP contribution is 2.32. The smallest absolute Gasteiger partial charge is 0.286 e. The summed E-state index contributed by atoms with van der Waals surface area (Å²) in [6, 6.07) is 12.5. The SMILES string of the molecule is CC(=O)NC1=NC(=O)/C(=C\c2cc(Cl)ccc2OCc2ccc(Cl)cc2)S1. The van der Waals surface area contributed by atoms with E-state index in [-0.39, 0.29) is 11.1 Å². The Morgan fingerprint density at radius 1 is 1.19 bits per heavy atom. The third kappa shape index (κ3) is 5.35. The fraction of sp³-hybridized carbons (Fsp3) is 0.105. The molecule has 0 spiro atoms. The van der Waals surface area contributed by atoms with Crippen molar-refractivity contribution in [3.63, 3.8) is 0 Å². The van der Waals surface area contributed by atoms with Crippen LogP contribution < -0.4 is 10.1 Å². The zero-order valence-corrected chi connectivity index (χ0v) is 16.5. The molecule has 138 valence electrons. The maximum absolute atomic E-state index is 12.1. The molecule has 5 nitrogen and oxygen atoms in total. The quantitative estimate of drug-likeness (QED) is 0.729. The third-order valence-electron chi connectivity index (χ3n) is 3.47. The molecule has 1 aliphatic heterocycles. The number of ether oxygens (including phenoxy) is 1. The molecule has 1 N–H and O–H groups in total. The van der Waals surface area contributed by atoms with Gasteiger partial charge in [0.1, 0.15) is 12.4 Å². The number of aliphatic imine (C=N–C) groups is 1. The number of hydrogen-bond donors (Lipinski definition) is 1. The summed E-state index contributed by atoms with van der Waals surface area (Å²) in [6.45, 7) is 1.69. The molecule has 27 heavy (non-hydrogen) atoms. The molecule has 1 heterocycles. The lowest BCUT2D eigenvalue weighted by Crippen LogP contribution is -2.23. The first-order valence-corrected chi connectivity index (χ1v) is 9.45. The Labute approximate surface area is 170 Å². The summed E-state index contributed by atoms with van der Waals surface area (Å²) in [4.78, 5) is 27.4. The van der Waals surface area contributed by atoms with Crippen molar-refractivity contribution in [1.82, 2.24) is 5.32 Å². The van der Waals surface area contributed by atoms with E-state index in [0.29, 0.717) is 32.9 Å². The van der Waals surface area contributed by atoms with E-state index in [1.165, 1.54) is 6.92 Å². The van der Waals surface area contributed by atoms with E-state index in [1.54, 1.807) is 36.4 Å². The average molecular weight is 421 g/mol. The second-order valence-electron chi connectivity index (χ2n) is 5.61. The van der Waals surface area contributed by atoms with Gasteiger partial charge in [0.25, 0.3) is 5.91 Å². The maximum atomic E-state index is 12.1. The standard InChI is InChI=1S/C19H14Cl2N2O3S/c1-11(24)22-19-23-18(25)17(27-19)9-13-8-15(21)6-7-16(13)26-10-12-2-4-14(20)5-3-12/h2-9H,10H2,1H3,(H,22,23,24,25)/b17-9+. The first-order chi connectivity index (χ1) is 12.9. The number of carbonyl (C=O) groups is 2. The van der Waals surface area contributed by atoms with Crippen LogP contribution in [0.5, 0.6) is 5.75 Å². The fourth-order valence-corrected chi connectivity index (χ4v) is 3.42. The van der Waals surface area contributed by atoms with E-state index >= 15 is 0 Å². The number of hydrogen-bond acceptors (Lipinski definition) is 4. The molecule has 0 aromatic heterocycles. The summed E-state index contributed by atoms with van der Waals surface area (Å²) >= 11 is 13.1.